The van der Waals surface area contributed by atoms with Gasteiger partial charge < -0.3 is 4.90 Å². The van der Waals surface area contributed by atoms with E-state index >= 15 is 0 Å². The number of rotatable bonds is 2. The van der Waals surface area contributed by atoms with Crippen molar-refractivity contribution in [3.8, 4) is 11.1 Å². The Hall–Kier alpha value is -1.35. The lowest BCUT2D eigenvalue weighted by atomic mass is 10.0. The van der Waals surface area contributed by atoms with E-state index < -0.39 is 0 Å². The van der Waals surface area contributed by atoms with Crippen LogP contribution in [0.15, 0.2) is 46.9 Å². The quantitative estimate of drug-likeness (QED) is 0.725. The first-order valence-corrected chi connectivity index (χ1v) is 7.84. The minimum Gasteiger partial charge on any atom is -0.371 e. The molecule has 0 unspecified atom stereocenters. The van der Waals surface area contributed by atoms with Crippen molar-refractivity contribution in [3.63, 3.8) is 0 Å². The lowest BCUT2D eigenvalue weighted by molar-refractivity contribution is 0.577. The van der Waals surface area contributed by atoms with Gasteiger partial charge in [0, 0.05) is 28.8 Å². The van der Waals surface area contributed by atoms with Gasteiger partial charge in [0.25, 0.3) is 0 Å². The van der Waals surface area contributed by atoms with Crippen LogP contribution >= 0.6 is 15.9 Å². The summed E-state index contributed by atoms with van der Waals surface area (Å²) in [6.07, 6.45) is 3.74. The first kappa shape index (κ1) is 13.6. The third-order valence-corrected chi connectivity index (χ3v) is 4.34. The minimum atomic E-state index is -0.177. The highest BCUT2D eigenvalue weighted by molar-refractivity contribution is 9.10. The van der Waals surface area contributed by atoms with Gasteiger partial charge in [-0.2, -0.15) is 0 Å². The Morgan fingerprint density at radius 3 is 2.30 bits per heavy atom. The Labute approximate surface area is 127 Å². The molecule has 1 aliphatic rings. The molecule has 0 aromatic heterocycles. The second-order valence-corrected chi connectivity index (χ2v) is 6.13. The summed E-state index contributed by atoms with van der Waals surface area (Å²) < 4.78 is 14.7. The lowest BCUT2D eigenvalue weighted by Crippen LogP contribution is -2.29. The van der Waals surface area contributed by atoms with Gasteiger partial charge in [-0.1, -0.05) is 28.1 Å². The topological polar surface area (TPSA) is 3.24 Å². The number of hydrogen-bond acceptors (Lipinski definition) is 1. The first-order chi connectivity index (χ1) is 9.74. The van der Waals surface area contributed by atoms with Crippen LogP contribution in [0.5, 0.6) is 0 Å². The Bertz CT molecular complexity index is 588. The van der Waals surface area contributed by atoms with Gasteiger partial charge in [-0.15, -0.1) is 0 Å². The highest BCUT2D eigenvalue weighted by Crippen LogP contribution is 2.33. The maximum absolute atomic E-state index is 13.7. The molecule has 0 aliphatic carbocycles. The monoisotopic (exact) mass is 333 g/mol. The van der Waals surface area contributed by atoms with Gasteiger partial charge in [-0.25, -0.2) is 4.39 Å². The SMILES string of the molecule is Fc1ccc(N2CCCCC2)c(-c2ccc(Br)cc2)c1. The largest absolute Gasteiger partial charge is 0.371 e. The summed E-state index contributed by atoms with van der Waals surface area (Å²) in [5, 5.41) is 0. The highest BCUT2D eigenvalue weighted by atomic mass is 79.9. The van der Waals surface area contributed by atoms with Crippen molar-refractivity contribution in [1.82, 2.24) is 0 Å². The second kappa shape index (κ2) is 5.96. The van der Waals surface area contributed by atoms with Crippen LogP contribution in [0.1, 0.15) is 19.3 Å². The van der Waals surface area contributed by atoms with Crippen molar-refractivity contribution in [2.45, 2.75) is 19.3 Å². The predicted octanol–water partition coefficient (Wildman–Crippen LogP) is 5.25. The van der Waals surface area contributed by atoms with E-state index in [2.05, 4.69) is 20.8 Å². The van der Waals surface area contributed by atoms with Gasteiger partial charge in [0.05, 0.1) is 0 Å². The Balaban J connectivity index is 2.03. The molecular weight excluding hydrogens is 317 g/mol. The molecular formula is C17H17BrFN. The van der Waals surface area contributed by atoms with Crippen molar-refractivity contribution in [2.75, 3.05) is 18.0 Å². The molecule has 1 saturated heterocycles. The van der Waals surface area contributed by atoms with Crippen LogP contribution in [0.4, 0.5) is 10.1 Å². The van der Waals surface area contributed by atoms with Crippen LogP contribution in [0, 0.1) is 5.82 Å². The second-order valence-electron chi connectivity index (χ2n) is 5.22. The standard InChI is InChI=1S/C17H17BrFN/c18-14-6-4-13(5-7-14)16-12-15(19)8-9-17(16)20-10-2-1-3-11-20/h4-9,12H,1-3,10-11H2. The third kappa shape index (κ3) is 2.88. The molecule has 0 amide bonds. The molecule has 1 heterocycles. The average molecular weight is 334 g/mol. The van der Waals surface area contributed by atoms with E-state index in [0.29, 0.717) is 0 Å². The van der Waals surface area contributed by atoms with Gasteiger partial charge in [0.2, 0.25) is 0 Å². The Kier molecular flexibility index (Phi) is 4.06. The number of nitrogens with zero attached hydrogens (tertiary/aromatic N) is 1. The molecule has 20 heavy (non-hydrogen) atoms. The zero-order valence-corrected chi connectivity index (χ0v) is 12.9. The van der Waals surface area contributed by atoms with E-state index in [-0.39, 0.29) is 5.82 Å². The number of halogens is 2. The molecule has 0 radical (unpaired) electrons. The van der Waals surface area contributed by atoms with Crippen molar-refractivity contribution in [2.24, 2.45) is 0 Å². The van der Waals surface area contributed by atoms with Crippen molar-refractivity contribution >= 4 is 21.6 Å². The van der Waals surface area contributed by atoms with E-state index in [1.165, 1.54) is 19.3 Å². The van der Waals surface area contributed by atoms with Crippen molar-refractivity contribution in [1.29, 1.82) is 0 Å². The molecule has 1 nitrogen and oxygen atoms in total. The number of piperidine rings is 1. The fraction of sp³-hybridized carbons (Fsp3) is 0.294. The Morgan fingerprint density at radius 2 is 1.60 bits per heavy atom. The number of benzene rings is 2. The predicted molar refractivity (Wildman–Crippen MR) is 85.6 cm³/mol. The molecule has 3 heteroatoms. The Morgan fingerprint density at radius 1 is 0.900 bits per heavy atom. The normalized spacial score (nSPS) is 15.4. The summed E-state index contributed by atoms with van der Waals surface area (Å²) in [5.41, 5.74) is 3.20. The number of anilines is 1. The van der Waals surface area contributed by atoms with Gasteiger partial charge in [-0.05, 0) is 55.2 Å². The van der Waals surface area contributed by atoms with E-state index in [0.717, 1.165) is 34.4 Å². The molecule has 0 spiro atoms. The zero-order valence-electron chi connectivity index (χ0n) is 11.3. The summed E-state index contributed by atoms with van der Waals surface area (Å²) in [7, 11) is 0. The van der Waals surface area contributed by atoms with Gasteiger partial charge >= 0.3 is 0 Å². The van der Waals surface area contributed by atoms with Gasteiger partial charge in [0.1, 0.15) is 5.82 Å². The number of hydrogen-bond donors (Lipinski definition) is 0. The summed E-state index contributed by atoms with van der Waals surface area (Å²) in [4.78, 5) is 2.38. The van der Waals surface area contributed by atoms with Crippen LogP contribution in [0.2, 0.25) is 0 Å². The fourth-order valence-corrected chi connectivity index (χ4v) is 3.04. The highest BCUT2D eigenvalue weighted by Gasteiger charge is 2.16. The molecule has 2 aromatic carbocycles. The third-order valence-electron chi connectivity index (χ3n) is 3.81. The van der Waals surface area contributed by atoms with Crippen molar-refractivity contribution in [3.05, 3.63) is 52.8 Å². The molecule has 1 aliphatic heterocycles. The average Bonchev–Trinajstić information content (AvgIpc) is 2.49. The molecule has 0 saturated carbocycles. The molecule has 0 N–H and O–H groups in total. The van der Waals surface area contributed by atoms with Crippen LogP contribution in [0.3, 0.4) is 0 Å². The van der Waals surface area contributed by atoms with E-state index in [1.807, 2.05) is 30.3 Å². The summed E-state index contributed by atoms with van der Waals surface area (Å²) in [6.45, 7) is 2.13. The van der Waals surface area contributed by atoms with Crippen LogP contribution < -0.4 is 4.90 Å². The molecule has 0 atom stereocenters. The summed E-state index contributed by atoms with van der Waals surface area (Å²) in [5.74, 6) is -0.177. The maximum Gasteiger partial charge on any atom is 0.123 e. The van der Waals surface area contributed by atoms with E-state index in [9.17, 15) is 4.39 Å². The maximum atomic E-state index is 13.7. The van der Waals surface area contributed by atoms with Crippen LogP contribution in [0.25, 0.3) is 11.1 Å². The van der Waals surface area contributed by atoms with Gasteiger partial charge in [0.15, 0.2) is 0 Å². The van der Waals surface area contributed by atoms with Crippen LogP contribution in [-0.4, -0.2) is 13.1 Å². The molecule has 3 rings (SSSR count). The van der Waals surface area contributed by atoms with Gasteiger partial charge in [-0.3, -0.25) is 0 Å². The van der Waals surface area contributed by atoms with Crippen LogP contribution in [-0.2, 0) is 0 Å². The summed E-state index contributed by atoms with van der Waals surface area (Å²) >= 11 is 3.44. The zero-order chi connectivity index (χ0) is 13.9. The smallest absolute Gasteiger partial charge is 0.123 e. The van der Waals surface area contributed by atoms with E-state index in [1.54, 1.807) is 12.1 Å². The first-order valence-electron chi connectivity index (χ1n) is 7.04. The van der Waals surface area contributed by atoms with E-state index in [4.69, 9.17) is 0 Å². The molecule has 2 aromatic rings. The molecule has 0 bridgehead atoms. The van der Waals surface area contributed by atoms with Crippen molar-refractivity contribution < 1.29 is 4.39 Å². The fourth-order valence-electron chi connectivity index (χ4n) is 2.78. The minimum absolute atomic E-state index is 0.177. The molecule has 1 fully saturated rings. The summed E-state index contributed by atoms with van der Waals surface area (Å²) in [6, 6.07) is 13.2. The lowest BCUT2D eigenvalue weighted by Gasteiger charge is -2.30. The molecule has 104 valence electrons.